The minimum Gasteiger partial charge on any atom is -0.497 e. The minimum absolute atomic E-state index is 0.206. The molecule has 0 fully saturated rings. The second kappa shape index (κ2) is 8.89. The second-order valence-electron chi connectivity index (χ2n) is 5.30. The fraction of sp³-hybridized carbons (Fsp3) is 0.105. The van der Waals surface area contributed by atoms with Crippen molar-refractivity contribution in [3.63, 3.8) is 0 Å². The van der Waals surface area contributed by atoms with Gasteiger partial charge in [0.05, 0.1) is 7.11 Å². The number of hydrogen-bond acceptors (Lipinski definition) is 5. The van der Waals surface area contributed by atoms with Crippen LogP contribution in [0.5, 0.6) is 5.75 Å². The third kappa shape index (κ3) is 5.11. The molecule has 4 N–H and O–H groups in total. The van der Waals surface area contributed by atoms with Crippen molar-refractivity contribution >= 4 is 17.5 Å². The van der Waals surface area contributed by atoms with Gasteiger partial charge in [-0.05, 0) is 42.0 Å². The number of ether oxygens (including phenoxy) is 1. The van der Waals surface area contributed by atoms with Crippen LogP contribution in [0.4, 0.5) is 5.69 Å². The van der Waals surface area contributed by atoms with Gasteiger partial charge in [0.2, 0.25) is 0 Å². The molecular weight excluding hydrogens is 332 g/mol. The van der Waals surface area contributed by atoms with E-state index in [9.17, 15) is 9.59 Å². The van der Waals surface area contributed by atoms with Crippen molar-refractivity contribution in [3.8, 4) is 11.8 Å². The molecule has 2 aromatic rings. The molecule has 0 saturated heterocycles. The van der Waals surface area contributed by atoms with E-state index in [1.54, 1.807) is 61.7 Å². The van der Waals surface area contributed by atoms with Gasteiger partial charge in [0, 0.05) is 24.0 Å². The highest BCUT2D eigenvalue weighted by Crippen LogP contribution is 2.11. The van der Waals surface area contributed by atoms with E-state index in [4.69, 9.17) is 15.7 Å². The van der Waals surface area contributed by atoms with Crippen LogP contribution in [0.25, 0.3) is 0 Å². The molecule has 0 unspecified atom stereocenters. The zero-order chi connectivity index (χ0) is 18.9. The Balaban J connectivity index is 1.94. The Morgan fingerprint density at radius 1 is 1.15 bits per heavy atom. The number of carbonyl (C=O) groups excluding carboxylic acids is 2. The Morgan fingerprint density at radius 3 is 2.38 bits per heavy atom. The third-order valence-corrected chi connectivity index (χ3v) is 3.50. The van der Waals surface area contributed by atoms with E-state index in [-0.39, 0.29) is 12.1 Å². The zero-order valence-corrected chi connectivity index (χ0v) is 14.2. The molecule has 0 heterocycles. The predicted molar refractivity (Wildman–Crippen MR) is 96.9 cm³/mol. The average molecular weight is 350 g/mol. The lowest BCUT2D eigenvalue weighted by atomic mass is 10.2. The fourth-order valence-electron chi connectivity index (χ4n) is 2.03. The Kier molecular flexibility index (Phi) is 6.34. The van der Waals surface area contributed by atoms with Crippen molar-refractivity contribution in [2.24, 2.45) is 0 Å². The van der Waals surface area contributed by atoms with Crippen LogP contribution in [0, 0.1) is 11.3 Å². The lowest BCUT2D eigenvalue weighted by Crippen LogP contribution is -2.26. The van der Waals surface area contributed by atoms with Gasteiger partial charge in [-0.15, -0.1) is 0 Å². The summed E-state index contributed by atoms with van der Waals surface area (Å²) in [5, 5.41) is 14.2. The summed E-state index contributed by atoms with van der Waals surface area (Å²) in [5.41, 5.74) is 7.11. The lowest BCUT2D eigenvalue weighted by Gasteiger charge is -2.06. The van der Waals surface area contributed by atoms with Gasteiger partial charge in [0.15, 0.2) is 0 Å². The molecule has 0 aliphatic carbocycles. The number of nitrogens with zero attached hydrogens (tertiary/aromatic N) is 1. The molecule has 7 heteroatoms. The number of nitriles is 1. The predicted octanol–water partition coefficient (Wildman–Crippen LogP) is 1.73. The van der Waals surface area contributed by atoms with Crippen molar-refractivity contribution in [1.82, 2.24) is 10.6 Å². The van der Waals surface area contributed by atoms with Gasteiger partial charge in [0.25, 0.3) is 11.8 Å². The van der Waals surface area contributed by atoms with Crippen molar-refractivity contribution < 1.29 is 14.3 Å². The van der Waals surface area contributed by atoms with Crippen LogP contribution in [0.2, 0.25) is 0 Å². The van der Waals surface area contributed by atoms with Gasteiger partial charge in [-0.3, -0.25) is 9.59 Å². The van der Waals surface area contributed by atoms with Crippen LogP contribution in [-0.2, 0) is 11.3 Å². The van der Waals surface area contributed by atoms with Gasteiger partial charge in [-0.1, -0.05) is 12.1 Å². The van der Waals surface area contributed by atoms with Crippen LogP contribution in [-0.4, -0.2) is 18.9 Å². The molecule has 0 bridgehead atoms. The summed E-state index contributed by atoms with van der Waals surface area (Å²) in [4.78, 5) is 24.1. The highest BCUT2D eigenvalue weighted by atomic mass is 16.5. The summed E-state index contributed by atoms with van der Waals surface area (Å²) >= 11 is 0. The molecule has 0 atom stereocenters. The first-order valence-electron chi connectivity index (χ1n) is 7.71. The smallest absolute Gasteiger partial charge is 0.263 e. The molecule has 26 heavy (non-hydrogen) atoms. The minimum atomic E-state index is -0.582. The lowest BCUT2D eigenvalue weighted by molar-refractivity contribution is -0.117. The molecule has 0 aromatic heterocycles. The molecule has 2 amide bonds. The van der Waals surface area contributed by atoms with Gasteiger partial charge >= 0.3 is 0 Å². The molecule has 132 valence electrons. The monoisotopic (exact) mass is 350 g/mol. The van der Waals surface area contributed by atoms with E-state index < -0.39 is 11.8 Å². The maximum Gasteiger partial charge on any atom is 0.263 e. The Bertz CT molecular complexity index is 850. The highest BCUT2D eigenvalue weighted by molar-refractivity contribution is 5.99. The fourth-order valence-corrected chi connectivity index (χ4v) is 2.03. The molecule has 0 spiro atoms. The van der Waals surface area contributed by atoms with Crippen LogP contribution in [0.15, 0.2) is 60.3 Å². The van der Waals surface area contributed by atoms with Gasteiger partial charge in [-0.2, -0.15) is 5.26 Å². The quantitative estimate of drug-likeness (QED) is 0.417. The summed E-state index contributed by atoms with van der Waals surface area (Å²) in [5.74, 6) is -0.315. The zero-order valence-electron chi connectivity index (χ0n) is 14.2. The standard InChI is InChI=1S/C19H18N4O3/c1-26-17-8-2-13(3-9-17)11-22-19(25)15(10-20)12-23-18(24)14-4-6-16(21)7-5-14/h2-9,12H,11,21H2,1H3,(H,22,25)(H,23,24)/b15-12-. The van der Waals surface area contributed by atoms with E-state index in [2.05, 4.69) is 10.6 Å². The molecular formula is C19H18N4O3. The number of rotatable bonds is 6. The number of amides is 2. The van der Waals surface area contributed by atoms with E-state index >= 15 is 0 Å². The van der Waals surface area contributed by atoms with E-state index in [0.29, 0.717) is 17.0 Å². The Labute approximate surface area is 151 Å². The maximum atomic E-state index is 12.1. The summed E-state index contributed by atoms with van der Waals surface area (Å²) in [6, 6.07) is 15.2. The normalized spacial score (nSPS) is 10.5. The summed E-state index contributed by atoms with van der Waals surface area (Å²) in [7, 11) is 1.57. The van der Waals surface area contributed by atoms with Crippen LogP contribution in [0.1, 0.15) is 15.9 Å². The number of nitrogens with one attached hydrogen (secondary N) is 2. The second-order valence-corrected chi connectivity index (χ2v) is 5.30. The molecule has 0 aliphatic heterocycles. The first-order chi connectivity index (χ1) is 12.5. The average Bonchev–Trinajstić information content (AvgIpc) is 2.67. The molecule has 0 saturated carbocycles. The van der Waals surface area contributed by atoms with Crippen molar-refractivity contribution in [1.29, 1.82) is 5.26 Å². The van der Waals surface area contributed by atoms with E-state index in [1.807, 2.05) is 0 Å². The number of carbonyl (C=O) groups is 2. The van der Waals surface area contributed by atoms with Gasteiger partial charge in [0.1, 0.15) is 17.4 Å². The van der Waals surface area contributed by atoms with Crippen LogP contribution < -0.4 is 21.1 Å². The summed E-state index contributed by atoms with van der Waals surface area (Å²) < 4.78 is 5.06. The van der Waals surface area contributed by atoms with Crippen molar-refractivity contribution in [2.75, 3.05) is 12.8 Å². The van der Waals surface area contributed by atoms with E-state index in [0.717, 1.165) is 11.8 Å². The van der Waals surface area contributed by atoms with Crippen molar-refractivity contribution in [2.45, 2.75) is 6.54 Å². The third-order valence-electron chi connectivity index (χ3n) is 3.50. The van der Waals surface area contributed by atoms with Gasteiger partial charge in [-0.25, -0.2) is 0 Å². The topological polar surface area (TPSA) is 117 Å². The summed E-state index contributed by atoms with van der Waals surface area (Å²) in [6.45, 7) is 0.244. The van der Waals surface area contributed by atoms with Gasteiger partial charge < -0.3 is 21.1 Å². The Morgan fingerprint density at radius 2 is 1.81 bits per heavy atom. The molecule has 0 radical (unpaired) electrons. The number of anilines is 1. The number of benzene rings is 2. The number of methoxy groups -OCH3 is 1. The first-order valence-corrected chi connectivity index (χ1v) is 7.71. The highest BCUT2D eigenvalue weighted by Gasteiger charge is 2.10. The largest absolute Gasteiger partial charge is 0.497 e. The Hall–Kier alpha value is -3.79. The number of nitrogen functional groups attached to an aromatic ring is 1. The van der Waals surface area contributed by atoms with Crippen LogP contribution >= 0.6 is 0 Å². The molecule has 0 aliphatic rings. The number of nitrogens with two attached hydrogens (primary N) is 1. The first kappa shape index (κ1) is 18.5. The maximum absolute atomic E-state index is 12.1. The summed E-state index contributed by atoms with van der Waals surface area (Å²) in [6.07, 6.45) is 1.09. The van der Waals surface area contributed by atoms with Crippen LogP contribution in [0.3, 0.4) is 0 Å². The van der Waals surface area contributed by atoms with Crippen molar-refractivity contribution in [3.05, 3.63) is 71.4 Å². The molecule has 2 aromatic carbocycles. The molecule has 7 nitrogen and oxygen atoms in total. The molecule has 2 rings (SSSR count). The number of hydrogen-bond donors (Lipinski definition) is 3. The SMILES string of the molecule is COc1ccc(CNC(=O)/C(C#N)=C\NC(=O)c2ccc(N)cc2)cc1. The van der Waals surface area contributed by atoms with E-state index in [1.165, 1.54) is 0 Å².